The molecule has 1 fully saturated rings. The second-order valence-electron chi connectivity index (χ2n) is 4.29. The molecule has 0 bridgehead atoms. The van der Waals surface area contributed by atoms with Gasteiger partial charge in [0.2, 0.25) is 0 Å². The van der Waals surface area contributed by atoms with Crippen LogP contribution in [-0.4, -0.2) is 19.0 Å². The third kappa shape index (κ3) is 3.36. The monoisotopic (exact) mass is 300 g/mol. The van der Waals surface area contributed by atoms with Gasteiger partial charge in [0.05, 0.1) is 6.61 Å². The number of ether oxygens (including phenoxy) is 1. The van der Waals surface area contributed by atoms with Crippen molar-refractivity contribution in [3.05, 3.63) is 34.1 Å². The van der Waals surface area contributed by atoms with Crippen molar-refractivity contribution in [1.29, 1.82) is 0 Å². The van der Waals surface area contributed by atoms with Crippen LogP contribution in [0.5, 0.6) is 0 Å². The third-order valence-electron chi connectivity index (χ3n) is 3.00. The number of halogens is 2. The van der Waals surface area contributed by atoms with Crippen LogP contribution in [0.15, 0.2) is 22.7 Å². The summed E-state index contributed by atoms with van der Waals surface area (Å²) in [5, 5.41) is 0. The van der Waals surface area contributed by atoms with Crippen molar-refractivity contribution in [2.24, 2.45) is 5.92 Å². The van der Waals surface area contributed by atoms with E-state index in [1.807, 2.05) is 0 Å². The van der Waals surface area contributed by atoms with Crippen molar-refractivity contribution in [2.45, 2.75) is 19.3 Å². The lowest BCUT2D eigenvalue weighted by atomic mass is 9.93. The van der Waals surface area contributed by atoms with Gasteiger partial charge >= 0.3 is 0 Å². The Morgan fingerprint density at radius 1 is 1.53 bits per heavy atom. The Labute approximate surface area is 108 Å². The van der Waals surface area contributed by atoms with Crippen LogP contribution in [0.2, 0.25) is 0 Å². The van der Waals surface area contributed by atoms with E-state index < -0.39 is 0 Å². The highest BCUT2D eigenvalue weighted by molar-refractivity contribution is 9.10. The number of Topliss-reactive ketones (excluding diaryl/α,β-unsaturated/α-hetero) is 1. The summed E-state index contributed by atoms with van der Waals surface area (Å²) in [7, 11) is 0. The first kappa shape index (κ1) is 12.7. The molecule has 0 saturated carbocycles. The van der Waals surface area contributed by atoms with Gasteiger partial charge in [-0.25, -0.2) is 4.39 Å². The van der Waals surface area contributed by atoms with Crippen molar-refractivity contribution >= 4 is 21.7 Å². The summed E-state index contributed by atoms with van der Waals surface area (Å²) < 4.78 is 18.9. The summed E-state index contributed by atoms with van der Waals surface area (Å²) >= 11 is 3.28. The second-order valence-corrected chi connectivity index (χ2v) is 5.15. The smallest absolute Gasteiger partial charge is 0.142 e. The van der Waals surface area contributed by atoms with Crippen molar-refractivity contribution in [3.63, 3.8) is 0 Å². The van der Waals surface area contributed by atoms with E-state index in [0.29, 0.717) is 17.5 Å². The number of hydrogen-bond acceptors (Lipinski definition) is 2. The van der Waals surface area contributed by atoms with E-state index in [1.165, 1.54) is 12.1 Å². The topological polar surface area (TPSA) is 26.3 Å². The number of ketones is 1. The molecule has 0 amide bonds. The zero-order chi connectivity index (χ0) is 12.3. The minimum atomic E-state index is -0.297. The zero-order valence-corrected chi connectivity index (χ0v) is 11.0. The predicted octanol–water partition coefficient (Wildman–Crippen LogP) is 3.13. The lowest BCUT2D eigenvalue weighted by Crippen LogP contribution is -2.26. The van der Waals surface area contributed by atoms with Gasteiger partial charge in [0.25, 0.3) is 0 Å². The molecule has 0 radical (unpaired) electrons. The Hall–Kier alpha value is -0.740. The SMILES string of the molecule is O=C(Cc1ccc(F)cc1Br)C1CCCOC1. The third-order valence-corrected chi connectivity index (χ3v) is 3.73. The number of hydrogen-bond donors (Lipinski definition) is 0. The predicted molar refractivity (Wildman–Crippen MR) is 66.4 cm³/mol. The molecule has 1 aliphatic heterocycles. The molecular formula is C13H14BrFO2. The summed E-state index contributed by atoms with van der Waals surface area (Å²) in [6.45, 7) is 1.28. The molecule has 2 nitrogen and oxygen atoms in total. The van der Waals surface area contributed by atoms with Crippen LogP contribution < -0.4 is 0 Å². The van der Waals surface area contributed by atoms with Gasteiger partial charge in [0.15, 0.2) is 0 Å². The number of rotatable bonds is 3. The van der Waals surface area contributed by atoms with Crippen molar-refractivity contribution in [3.8, 4) is 0 Å². The molecule has 1 aliphatic rings. The van der Waals surface area contributed by atoms with E-state index in [1.54, 1.807) is 6.07 Å². The van der Waals surface area contributed by atoms with Crippen LogP contribution >= 0.6 is 15.9 Å². The van der Waals surface area contributed by atoms with Gasteiger partial charge in [-0.3, -0.25) is 4.79 Å². The highest BCUT2D eigenvalue weighted by atomic mass is 79.9. The number of benzene rings is 1. The first-order chi connectivity index (χ1) is 8.16. The molecule has 1 aromatic rings. The van der Waals surface area contributed by atoms with Crippen LogP contribution in [0.4, 0.5) is 4.39 Å². The molecule has 1 unspecified atom stereocenters. The largest absolute Gasteiger partial charge is 0.381 e. The van der Waals surface area contributed by atoms with Gasteiger partial charge < -0.3 is 4.74 Å². The Balaban J connectivity index is 2.02. The fourth-order valence-electron chi connectivity index (χ4n) is 1.99. The molecule has 92 valence electrons. The van der Waals surface area contributed by atoms with Gasteiger partial charge in [-0.15, -0.1) is 0 Å². The highest BCUT2D eigenvalue weighted by Gasteiger charge is 2.22. The van der Waals surface area contributed by atoms with Crippen LogP contribution in [0.25, 0.3) is 0 Å². The van der Waals surface area contributed by atoms with Crippen molar-refractivity contribution in [2.75, 3.05) is 13.2 Å². The summed E-state index contributed by atoms with van der Waals surface area (Å²) in [4.78, 5) is 12.0. The molecular weight excluding hydrogens is 287 g/mol. The van der Waals surface area contributed by atoms with E-state index >= 15 is 0 Å². The maximum absolute atomic E-state index is 12.9. The average molecular weight is 301 g/mol. The molecule has 2 rings (SSSR count). The van der Waals surface area contributed by atoms with E-state index in [4.69, 9.17) is 4.74 Å². The maximum Gasteiger partial charge on any atom is 0.142 e. The normalized spacial score (nSPS) is 20.2. The first-order valence-corrected chi connectivity index (χ1v) is 6.50. The fourth-order valence-corrected chi connectivity index (χ4v) is 2.48. The van der Waals surface area contributed by atoms with E-state index in [2.05, 4.69) is 15.9 Å². The van der Waals surface area contributed by atoms with Crippen LogP contribution in [-0.2, 0) is 16.0 Å². The summed E-state index contributed by atoms with van der Waals surface area (Å²) in [6.07, 6.45) is 2.19. The number of carbonyl (C=O) groups excluding carboxylic acids is 1. The summed E-state index contributed by atoms with van der Waals surface area (Å²) in [5.74, 6) is -0.119. The summed E-state index contributed by atoms with van der Waals surface area (Å²) in [6, 6.07) is 4.42. The van der Waals surface area contributed by atoms with E-state index in [0.717, 1.165) is 25.0 Å². The molecule has 0 aromatic heterocycles. The summed E-state index contributed by atoms with van der Waals surface area (Å²) in [5.41, 5.74) is 0.835. The Kier molecular flexibility index (Phi) is 4.29. The van der Waals surface area contributed by atoms with E-state index in [9.17, 15) is 9.18 Å². The van der Waals surface area contributed by atoms with Crippen molar-refractivity contribution < 1.29 is 13.9 Å². The molecule has 1 atom stereocenters. The van der Waals surface area contributed by atoms with E-state index in [-0.39, 0.29) is 17.5 Å². The highest BCUT2D eigenvalue weighted by Crippen LogP contribution is 2.22. The zero-order valence-electron chi connectivity index (χ0n) is 9.42. The molecule has 17 heavy (non-hydrogen) atoms. The Morgan fingerprint density at radius 3 is 3.00 bits per heavy atom. The van der Waals surface area contributed by atoms with Crippen LogP contribution in [0.1, 0.15) is 18.4 Å². The molecule has 4 heteroatoms. The van der Waals surface area contributed by atoms with Crippen molar-refractivity contribution in [1.82, 2.24) is 0 Å². The van der Waals surface area contributed by atoms with Crippen LogP contribution in [0, 0.1) is 11.7 Å². The minimum absolute atomic E-state index is 0.000651. The van der Waals surface area contributed by atoms with Gasteiger partial charge in [-0.05, 0) is 30.5 Å². The quantitative estimate of drug-likeness (QED) is 0.857. The lowest BCUT2D eigenvalue weighted by Gasteiger charge is -2.21. The van der Waals surface area contributed by atoms with Gasteiger partial charge in [-0.1, -0.05) is 22.0 Å². The van der Waals surface area contributed by atoms with Gasteiger partial charge in [-0.2, -0.15) is 0 Å². The first-order valence-electron chi connectivity index (χ1n) is 5.71. The van der Waals surface area contributed by atoms with Gasteiger partial charge in [0.1, 0.15) is 11.6 Å². The molecule has 0 N–H and O–H groups in total. The number of carbonyl (C=O) groups is 1. The molecule has 1 saturated heterocycles. The maximum atomic E-state index is 12.9. The molecule has 1 aromatic carbocycles. The Bertz CT molecular complexity index is 414. The van der Waals surface area contributed by atoms with Crippen LogP contribution in [0.3, 0.4) is 0 Å². The minimum Gasteiger partial charge on any atom is -0.381 e. The molecule has 1 heterocycles. The van der Waals surface area contributed by atoms with Gasteiger partial charge in [0, 0.05) is 23.4 Å². The lowest BCUT2D eigenvalue weighted by molar-refractivity contribution is -0.126. The molecule has 0 spiro atoms. The second kappa shape index (κ2) is 5.74. The average Bonchev–Trinajstić information content (AvgIpc) is 2.34. The molecule has 0 aliphatic carbocycles. The Morgan fingerprint density at radius 2 is 2.35 bits per heavy atom. The fraction of sp³-hybridized carbons (Fsp3) is 0.462. The standard InChI is InChI=1S/C13H14BrFO2/c14-12-7-11(15)4-3-9(12)6-13(16)10-2-1-5-17-8-10/h3-4,7,10H,1-2,5-6,8H2.